The molecule has 37 heavy (non-hydrogen) atoms. The van der Waals surface area contributed by atoms with Crippen LogP contribution in [0.3, 0.4) is 0 Å². The van der Waals surface area contributed by atoms with Crippen molar-refractivity contribution in [3.63, 3.8) is 0 Å². The van der Waals surface area contributed by atoms with Crippen LogP contribution in [0.4, 0.5) is 15.3 Å². The lowest BCUT2D eigenvalue weighted by molar-refractivity contribution is 0.109. The van der Waals surface area contributed by atoms with Crippen molar-refractivity contribution in [3.05, 3.63) is 23.2 Å². The lowest BCUT2D eigenvalue weighted by atomic mass is 9.86. The van der Waals surface area contributed by atoms with Gasteiger partial charge in [-0.1, -0.05) is 11.3 Å². The summed E-state index contributed by atoms with van der Waals surface area (Å²) in [4.78, 5) is 24.0. The summed E-state index contributed by atoms with van der Waals surface area (Å²) in [6, 6.07) is 4.77. The second kappa shape index (κ2) is 12.2. The standard InChI is InChI=1S/C25H36N4O6S2/c1-14(2)34-24(30)26-18-9-7-17(8-10-18)22-28-29-23(36-22)20-12-11-19(27-25(31)35-15(3)4)13-21(20)37(32,33)16(5)6/h11-18H,7-10H2,1-6H3,(H,26,30)(H,27,31)/t17-,18-. The normalized spacial score (nSPS) is 18.2. The van der Waals surface area contributed by atoms with Gasteiger partial charge in [-0.05, 0) is 85.4 Å². The Morgan fingerprint density at radius 1 is 0.946 bits per heavy atom. The number of aromatic nitrogens is 2. The van der Waals surface area contributed by atoms with E-state index in [-0.39, 0.29) is 29.1 Å². The Labute approximate surface area is 222 Å². The summed E-state index contributed by atoms with van der Waals surface area (Å²) >= 11 is 1.38. The monoisotopic (exact) mass is 552 g/mol. The number of carbonyl (C=O) groups excluding carboxylic acids is 2. The Kier molecular flexibility index (Phi) is 9.51. The van der Waals surface area contributed by atoms with E-state index in [4.69, 9.17) is 9.47 Å². The average Bonchev–Trinajstić information content (AvgIpc) is 3.28. The molecule has 2 N–H and O–H groups in total. The van der Waals surface area contributed by atoms with Gasteiger partial charge in [0.25, 0.3) is 0 Å². The average molecular weight is 553 g/mol. The SMILES string of the molecule is CC(C)OC(=O)Nc1ccc(-c2nnc([C@H]3CC[C@H](NC(=O)OC(C)C)CC3)s2)c(S(=O)(=O)C(C)C)c1. The topological polar surface area (TPSA) is 137 Å². The molecule has 2 aromatic rings. The van der Waals surface area contributed by atoms with E-state index in [1.54, 1.807) is 39.8 Å². The van der Waals surface area contributed by atoms with E-state index in [0.717, 1.165) is 30.7 Å². The van der Waals surface area contributed by atoms with Crippen molar-refractivity contribution in [3.8, 4) is 10.6 Å². The van der Waals surface area contributed by atoms with Gasteiger partial charge in [0.05, 0.1) is 22.4 Å². The first-order valence-corrected chi connectivity index (χ1v) is 14.9. The second-order valence-corrected chi connectivity index (χ2v) is 13.5. The molecule has 1 aromatic carbocycles. The third-order valence-electron chi connectivity index (χ3n) is 5.91. The highest BCUT2D eigenvalue weighted by atomic mass is 32.2. The molecule has 0 atom stereocenters. The highest BCUT2D eigenvalue weighted by Gasteiger charge is 2.29. The molecule has 1 heterocycles. The summed E-state index contributed by atoms with van der Waals surface area (Å²) in [6.45, 7) is 10.3. The molecule has 0 bridgehead atoms. The van der Waals surface area contributed by atoms with Crippen molar-refractivity contribution < 1.29 is 27.5 Å². The van der Waals surface area contributed by atoms with Gasteiger partial charge in [-0.3, -0.25) is 5.32 Å². The van der Waals surface area contributed by atoms with Gasteiger partial charge in [0, 0.05) is 23.2 Å². The molecule has 0 radical (unpaired) electrons. The molecule has 0 unspecified atom stereocenters. The minimum Gasteiger partial charge on any atom is -0.447 e. The summed E-state index contributed by atoms with van der Waals surface area (Å²) in [7, 11) is -3.69. The van der Waals surface area contributed by atoms with Crippen molar-refractivity contribution in [1.82, 2.24) is 15.5 Å². The van der Waals surface area contributed by atoms with Crippen molar-refractivity contribution in [2.45, 2.75) is 102 Å². The number of hydrogen-bond donors (Lipinski definition) is 2. The van der Waals surface area contributed by atoms with E-state index in [0.29, 0.717) is 16.3 Å². The number of benzene rings is 1. The van der Waals surface area contributed by atoms with E-state index in [1.807, 2.05) is 13.8 Å². The minimum atomic E-state index is -3.69. The molecule has 12 heteroatoms. The van der Waals surface area contributed by atoms with Crippen molar-refractivity contribution in [1.29, 1.82) is 0 Å². The molecule has 10 nitrogen and oxygen atoms in total. The van der Waals surface area contributed by atoms with E-state index < -0.39 is 27.3 Å². The van der Waals surface area contributed by atoms with Crippen LogP contribution in [0.25, 0.3) is 10.6 Å². The summed E-state index contributed by atoms with van der Waals surface area (Å²) in [5, 5.41) is 14.9. The molecule has 2 amide bonds. The zero-order chi connectivity index (χ0) is 27.3. The molecule has 0 saturated heterocycles. The number of rotatable bonds is 8. The Bertz CT molecular complexity index is 1200. The van der Waals surface area contributed by atoms with Crippen LogP contribution in [0.2, 0.25) is 0 Å². The fourth-order valence-electron chi connectivity index (χ4n) is 4.04. The van der Waals surface area contributed by atoms with E-state index in [9.17, 15) is 18.0 Å². The van der Waals surface area contributed by atoms with Crippen LogP contribution in [0.1, 0.15) is 78.2 Å². The minimum absolute atomic E-state index is 0.0557. The molecule has 3 rings (SSSR count). The molecule has 1 saturated carbocycles. The molecule has 1 aliphatic carbocycles. The van der Waals surface area contributed by atoms with E-state index >= 15 is 0 Å². The summed E-state index contributed by atoms with van der Waals surface area (Å²) in [6.07, 6.45) is 1.73. The quantitative estimate of drug-likeness (QED) is 0.438. The largest absolute Gasteiger partial charge is 0.447 e. The van der Waals surface area contributed by atoms with Gasteiger partial charge >= 0.3 is 12.2 Å². The number of ether oxygens (including phenoxy) is 2. The lowest BCUT2D eigenvalue weighted by Crippen LogP contribution is -2.38. The van der Waals surface area contributed by atoms with Crippen LogP contribution in [0.15, 0.2) is 23.1 Å². The third kappa shape index (κ3) is 7.64. The maximum absolute atomic E-state index is 13.2. The van der Waals surface area contributed by atoms with Crippen LogP contribution in [0.5, 0.6) is 0 Å². The molecule has 1 aliphatic rings. The maximum Gasteiger partial charge on any atom is 0.411 e. The molecule has 0 spiro atoms. The summed E-state index contributed by atoms with van der Waals surface area (Å²) in [5.41, 5.74) is 0.771. The predicted octanol–water partition coefficient (Wildman–Crippen LogP) is 5.50. The maximum atomic E-state index is 13.2. The van der Waals surface area contributed by atoms with Gasteiger partial charge in [0.1, 0.15) is 10.0 Å². The highest BCUT2D eigenvalue weighted by molar-refractivity contribution is 7.92. The zero-order valence-corrected chi connectivity index (χ0v) is 23.7. The van der Waals surface area contributed by atoms with Crippen LogP contribution in [-0.2, 0) is 19.3 Å². The number of sulfone groups is 1. The van der Waals surface area contributed by atoms with Gasteiger partial charge in [-0.25, -0.2) is 18.0 Å². The molecule has 0 aliphatic heterocycles. The van der Waals surface area contributed by atoms with Crippen LogP contribution in [-0.4, -0.2) is 54.3 Å². The van der Waals surface area contributed by atoms with Crippen molar-refractivity contribution >= 4 is 39.0 Å². The fraction of sp³-hybridized carbons (Fsp3) is 0.600. The van der Waals surface area contributed by atoms with E-state index in [2.05, 4.69) is 20.8 Å². The van der Waals surface area contributed by atoms with Gasteiger partial charge in [0.2, 0.25) is 0 Å². The first-order chi connectivity index (χ1) is 17.4. The Hall–Kier alpha value is -2.73. The first-order valence-electron chi connectivity index (χ1n) is 12.5. The van der Waals surface area contributed by atoms with Crippen LogP contribution >= 0.6 is 11.3 Å². The smallest absolute Gasteiger partial charge is 0.411 e. The van der Waals surface area contributed by atoms with Gasteiger partial charge in [0.15, 0.2) is 9.84 Å². The summed E-state index contributed by atoms with van der Waals surface area (Å²) in [5.74, 6) is 0.183. The Morgan fingerprint density at radius 2 is 1.57 bits per heavy atom. The van der Waals surface area contributed by atoms with Crippen molar-refractivity contribution in [2.24, 2.45) is 0 Å². The fourth-order valence-corrected chi connectivity index (χ4v) is 6.42. The lowest BCUT2D eigenvalue weighted by Gasteiger charge is -2.27. The number of carbonyl (C=O) groups is 2. The van der Waals surface area contributed by atoms with E-state index in [1.165, 1.54) is 17.4 Å². The van der Waals surface area contributed by atoms with Crippen molar-refractivity contribution in [2.75, 3.05) is 5.32 Å². The molecule has 204 valence electrons. The first kappa shape index (κ1) is 28.8. The Morgan fingerprint density at radius 3 is 2.16 bits per heavy atom. The van der Waals surface area contributed by atoms with Gasteiger partial charge < -0.3 is 14.8 Å². The zero-order valence-electron chi connectivity index (χ0n) is 22.1. The molecule has 1 fully saturated rings. The third-order valence-corrected chi connectivity index (χ3v) is 9.22. The number of amides is 2. The van der Waals surface area contributed by atoms with Gasteiger partial charge in [-0.2, -0.15) is 0 Å². The molecular formula is C25H36N4O6S2. The second-order valence-electron chi connectivity index (χ2n) is 9.98. The number of hydrogen-bond acceptors (Lipinski definition) is 9. The summed E-state index contributed by atoms with van der Waals surface area (Å²) < 4.78 is 36.7. The van der Waals surface area contributed by atoms with Gasteiger partial charge in [-0.15, -0.1) is 10.2 Å². The number of anilines is 1. The number of alkyl carbamates (subject to hydrolysis) is 1. The number of nitrogens with one attached hydrogen (secondary N) is 2. The molecular weight excluding hydrogens is 516 g/mol. The van der Waals surface area contributed by atoms with Crippen LogP contribution in [0, 0.1) is 0 Å². The predicted molar refractivity (Wildman–Crippen MR) is 143 cm³/mol. The molecule has 1 aromatic heterocycles. The van der Waals surface area contributed by atoms with Crippen LogP contribution < -0.4 is 10.6 Å². The Balaban J connectivity index is 1.79. The number of nitrogens with zero attached hydrogens (tertiary/aromatic N) is 2. The highest BCUT2D eigenvalue weighted by Crippen LogP contribution is 2.39.